The van der Waals surface area contributed by atoms with E-state index in [9.17, 15) is 18.4 Å². The molecule has 0 saturated heterocycles. The van der Waals surface area contributed by atoms with Gasteiger partial charge in [0.2, 0.25) is 5.91 Å². The third-order valence-corrected chi connectivity index (χ3v) is 4.36. The number of halogens is 2. The second-order valence-corrected chi connectivity index (χ2v) is 6.47. The first kappa shape index (κ1) is 21.8. The number of hydrogen-bond donors (Lipinski definition) is 3. The van der Waals surface area contributed by atoms with Gasteiger partial charge in [0, 0.05) is 11.8 Å². The average molecular weight is 400 g/mol. The summed E-state index contributed by atoms with van der Waals surface area (Å²) in [6, 6.07) is 11.5. The molecule has 0 bridgehead atoms. The zero-order chi connectivity index (χ0) is 21.4. The lowest BCUT2D eigenvalue weighted by Crippen LogP contribution is -2.28. The normalized spacial score (nSPS) is 13.1. The molecule has 1 amide bonds. The fourth-order valence-electron chi connectivity index (χ4n) is 2.68. The summed E-state index contributed by atoms with van der Waals surface area (Å²) in [5, 5.41) is 11.7. The van der Waals surface area contributed by atoms with E-state index in [1.165, 1.54) is 24.3 Å². The summed E-state index contributed by atoms with van der Waals surface area (Å²) in [4.78, 5) is 23.6. The first-order chi connectivity index (χ1) is 13.8. The molecule has 2 aromatic rings. The van der Waals surface area contributed by atoms with Crippen LogP contribution >= 0.6 is 0 Å². The van der Waals surface area contributed by atoms with E-state index >= 15 is 0 Å². The van der Waals surface area contributed by atoms with Gasteiger partial charge in [0.25, 0.3) is 0 Å². The highest BCUT2D eigenvalue weighted by atomic mass is 19.1. The fourth-order valence-corrected chi connectivity index (χ4v) is 2.68. The first-order valence-corrected chi connectivity index (χ1v) is 8.96. The smallest absolute Gasteiger partial charge is 0.335 e. The van der Waals surface area contributed by atoms with Crippen LogP contribution in [0.5, 0.6) is 0 Å². The summed E-state index contributed by atoms with van der Waals surface area (Å²) in [7, 11) is 0. The van der Waals surface area contributed by atoms with Gasteiger partial charge in [0.05, 0.1) is 11.6 Å². The van der Waals surface area contributed by atoms with Crippen molar-refractivity contribution in [2.75, 3.05) is 0 Å². The molecule has 0 aliphatic carbocycles. The number of aromatic carboxylic acids is 1. The van der Waals surface area contributed by atoms with E-state index in [0.717, 1.165) is 17.8 Å². The van der Waals surface area contributed by atoms with Crippen molar-refractivity contribution in [1.29, 1.82) is 0 Å². The van der Waals surface area contributed by atoms with E-state index in [1.807, 2.05) is 0 Å². The van der Waals surface area contributed by atoms with E-state index in [2.05, 4.69) is 5.32 Å². The van der Waals surface area contributed by atoms with Crippen molar-refractivity contribution < 1.29 is 23.5 Å². The van der Waals surface area contributed by atoms with E-state index in [0.29, 0.717) is 12.0 Å². The van der Waals surface area contributed by atoms with Crippen molar-refractivity contribution >= 4 is 11.9 Å². The van der Waals surface area contributed by atoms with Crippen LogP contribution in [0.1, 0.15) is 40.9 Å². The zero-order valence-corrected chi connectivity index (χ0v) is 15.9. The van der Waals surface area contributed by atoms with Crippen LogP contribution in [-0.2, 0) is 11.2 Å². The van der Waals surface area contributed by atoms with Crippen LogP contribution < -0.4 is 11.1 Å². The Morgan fingerprint density at radius 2 is 1.76 bits per heavy atom. The summed E-state index contributed by atoms with van der Waals surface area (Å²) in [6.07, 6.45) is 2.47. The van der Waals surface area contributed by atoms with Crippen LogP contribution in [0, 0.1) is 5.82 Å². The summed E-state index contributed by atoms with van der Waals surface area (Å²) in [6.45, 7) is 1.74. The number of rotatable bonds is 8. The largest absolute Gasteiger partial charge is 0.478 e. The van der Waals surface area contributed by atoms with Gasteiger partial charge in [-0.2, -0.15) is 0 Å². The zero-order valence-electron chi connectivity index (χ0n) is 15.9. The molecule has 1 unspecified atom stereocenters. The lowest BCUT2D eigenvalue weighted by molar-refractivity contribution is -0.118. The third kappa shape index (κ3) is 6.57. The molecule has 2 rings (SSSR count). The summed E-state index contributed by atoms with van der Waals surface area (Å²) >= 11 is 0. The van der Waals surface area contributed by atoms with Crippen molar-refractivity contribution in [3.05, 3.63) is 94.7 Å². The monoisotopic (exact) mass is 400 g/mol. The van der Waals surface area contributed by atoms with Crippen LogP contribution in [0.15, 0.2) is 72.2 Å². The Kier molecular flexibility index (Phi) is 7.65. The molecule has 29 heavy (non-hydrogen) atoms. The van der Waals surface area contributed by atoms with Gasteiger partial charge in [0.1, 0.15) is 11.6 Å². The number of nitrogens with two attached hydrogens (primary N) is 1. The number of carbonyl (C=O) groups excluding carboxylic acids is 1. The van der Waals surface area contributed by atoms with Crippen molar-refractivity contribution in [1.82, 2.24) is 5.32 Å². The van der Waals surface area contributed by atoms with Crippen LogP contribution in [0.25, 0.3) is 0 Å². The van der Waals surface area contributed by atoms with Crippen LogP contribution in [0.2, 0.25) is 0 Å². The third-order valence-electron chi connectivity index (χ3n) is 4.36. The van der Waals surface area contributed by atoms with E-state index < -0.39 is 23.7 Å². The number of nitrogens with one attached hydrogen (secondary N) is 1. The maximum atomic E-state index is 13.7. The molecule has 7 heteroatoms. The highest BCUT2D eigenvalue weighted by Crippen LogP contribution is 2.17. The quantitative estimate of drug-likeness (QED) is 0.461. The second kappa shape index (κ2) is 10.2. The van der Waals surface area contributed by atoms with E-state index in [4.69, 9.17) is 10.8 Å². The molecule has 5 nitrogen and oxygen atoms in total. The molecule has 0 radical (unpaired) electrons. The van der Waals surface area contributed by atoms with Gasteiger partial charge in [-0.15, -0.1) is 0 Å². The summed E-state index contributed by atoms with van der Waals surface area (Å²) in [5.74, 6) is -2.61. The molecule has 152 valence electrons. The number of carboxylic acids is 1. The maximum Gasteiger partial charge on any atom is 0.335 e. The minimum atomic E-state index is -1.04. The molecule has 0 aliphatic rings. The average Bonchev–Trinajstić information content (AvgIpc) is 2.71. The molecular formula is C22H22F2N2O3. The molecule has 1 atom stereocenters. The molecule has 0 spiro atoms. The number of hydrogen-bond acceptors (Lipinski definition) is 3. The van der Waals surface area contributed by atoms with Crippen LogP contribution in [-0.4, -0.2) is 17.0 Å². The van der Waals surface area contributed by atoms with Gasteiger partial charge in [-0.05, 0) is 61.2 Å². The standard InChI is InChI=1S/C22H22F2N2O3/c1-14(16-6-8-17(9-7-16)22(28)29)26-21(27)18(12-20(24)13-25)5-2-15-3-10-19(23)11-4-15/h3-4,6-14H,2,5,25H2,1H3,(H,26,27)(H,28,29)/b18-12+,20-13+. The number of benzene rings is 2. The Bertz CT molecular complexity index is 920. The van der Waals surface area contributed by atoms with Crippen molar-refractivity contribution in [2.45, 2.75) is 25.8 Å². The van der Waals surface area contributed by atoms with Crippen molar-refractivity contribution in [3.63, 3.8) is 0 Å². The van der Waals surface area contributed by atoms with Gasteiger partial charge < -0.3 is 16.2 Å². The van der Waals surface area contributed by atoms with Gasteiger partial charge in [0.15, 0.2) is 0 Å². The number of allylic oxidation sites excluding steroid dienone is 2. The van der Waals surface area contributed by atoms with Crippen molar-refractivity contribution in [3.8, 4) is 0 Å². The molecule has 0 aromatic heterocycles. The predicted molar refractivity (Wildman–Crippen MR) is 106 cm³/mol. The minimum absolute atomic E-state index is 0.141. The molecule has 0 heterocycles. The second-order valence-electron chi connectivity index (χ2n) is 6.47. The number of amides is 1. The lowest BCUT2D eigenvalue weighted by atomic mass is 10.0. The van der Waals surface area contributed by atoms with Gasteiger partial charge in [-0.3, -0.25) is 4.79 Å². The Morgan fingerprint density at radius 1 is 1.14 bits per heavy atom. The number of carbonyl (C=O) groups is 2. The van der Waals surface area contributed by atoms with Gasteiger partial charge in [-0.25, -0.2) is 13.6 Å². The van der Waals surface area contributed by atoms with Gasteiger partial charge in [-0.1, -0.05) is 24.3 Å². The topological polar surface area (TPSA) is 92.4 Å². The fraction of sp³-hybridized carbons (Fsp3) is 0.182. The number of aryl methyl sites for hydroxylation is 1. The predicted octanol–water partition coefficient (Wildman–Crippen LogP) is 4.03. The SMILES string of the molecule is CC(NC(=O)/C(=C/C(F)=C\N)CCc1ccc(F)cc1)c1ccc(C(=O)O)cc1. The Hall–Kier alpha value is -3.48. The Labute approximate surface area is 167 Å². The first-order valence-electron chi connectivity index (χ1n) is 8.96. The molecule has 0 fully saturated rings. The molecule has 0 saturated carbocycles. The minimum Gasteiger partial charge on any atom is -0.478 e. The Balaban J connectivity index is 2.10. The molecule has 0 aliphatic heterocycles. The molecule has 2 aromatic carbocycles. The summed E-state index contributed by atoms with van der Waals surface area (Å²) in [5.41, 5.74) is 7.01. The lowest BCUT2D eigenvalue weighted by Gasteiger charge is -2.16. The van der Waals surface area contributed by atoms with Crippen LogP contribution in [0.3, 0.4) is 0 Å². The van der Waals surface area contributed by atoms with E-state index in [-0.39, 0.29) is 23.4 Å². The summed E-state index contributed by atoms with van der Waals surface area (Å²) < 4.78 is 26.7. The highest BCUT2D eigenvalue weighted by Gasteiger charge is 2.15. The van der Waals surface area contributed by atoms with E-state index in [1.54, 1.807) is 31.2 Å². The van der Waals surface area contributed by atoms with Gasteiger partial charge >= 0.3 is 5.97 Å². The van der Waals surface area contributed by atoms with Crippen LogP contribution in [0.4, 0.5) is 8.78 Å². The molecular weight excluding hydrogens is 378 g/mol. The van der Waals surface area contributed by atoms with Crippen molar-refractivity contribution in [2.24, 2.45) is 5.73 Å². The Morgan fingerprint density at radius 3 is 2.31 bits per heavy atom. The maximum absolute atomic E-state index is 13.7. The molecule has 4 N–H and O–H groups in total. The number of carboxylic acid groups (broad SMARTS) is 1. The highest BCUT2D eigenvalue weighted by molar-refractivity contribution is 5.94.